The van der Waals surface area contributed by atoms with Crippen molar-refractivity contribution in [2.75, 3.05) is 13.2 Å². The van der Waals surface area contributed by atoms with E-state index < -0.39 is 0 Å². The molecular formula is C7H17NO. The number of hydrogen-bond donors (Lipinski definition) is 1. The molecule has 2 N–H and O–H groups in total. The second-order valence-corrected chi connectivity index (χ2v) is 2.46. The molecule has 0 aromatic carbocycles. The van der Waals surface area contributed by atoms with Gasteiger partial charge in [-0.15, -0.1) is 0 Å². The number of nitrogens with two attached hydrogens (primary N) is 1. The van der Waals surface area contributed by atoms with Crippen LogP contribution in [0.2, 0.25) is 0 Å². The first kappa shape index (κ1) is 8.92. The Balaban J connectivity index is 0.000000291. The van der Waals surface area contributed by atoms with Crippen molar-refractivity contribution in [3.8, 4) is 0 Å². The molecule has 0 aliphatic carbocycles. The van der Waals surface area contributed by atoms with Gasteiger partial charge in [-0.25, -0.2) is 0 Å². The standard InChI is InChI=1S/C5H11NO.C2H6/c1-5(6)2-3-7-4-5;1-2/h2-4,6H2,1H3;1-2H3. The summed E-state index contributed by atoms with van der Waals surface area (Å²) in [4.78, 5) is 0. The van der Waals surface area contributed by atoms with E-state index in [0.29, 0.717) is 0 Å². The van der Waals surface area contributed by atoms with Crippen molar-refractivity contribution in [2.24, 2.45) is 5.73 Å². The molecule has 0 radical (unpaired) electrons. The first-order valence-electron chi connectivity index (χ1n) is 3.57. The van der Waals surface area contributed by atoms with Crippen LogP contribution < -0.4 is 5.73 Å². The fourth-order valence-corrected chi connectivity index (χ4v) is 0.683. The number of ether oxygens (including phenoxy) is 1. The minimum Gasteiger partial charge on any atom is -0.379 e. The minimum atomic E-state index is -0.0278. The summed E-state index contributed by atoms with van der Waals surface area (Å²) in [5.41, 5.74) is 5.62. The highest BCUT2D eigenvalue weighted by atomic mass is 16.5. The Bertz CT molecular complexity index is 63.3. The topological polar surface area (TPSA) is 35.2 Å². The van der Waals surface area contributed by atoms with Crippen LogP contribution in [-0.2, 0) is 4.74 Å². The van der Waals surface area contributed by atoms with E-state index in [1.54, 1.807) is 0 Å². The van der Waals surface area contributed by atoms with Gasteiger partial charge >= 0.3 is 0 Å². The highest BCUT2D eigenvalue weighted by Crippen LogP contribution is 2.12. The first-order chi connectivity index (χ1) is 4.21. The van der Waals surface area contributed by atoms with E-state index in [9.17, 15) is 0 Å². The Morgan fingerprint density at radius 1 is 1.44 bits per heavy atom. The largest absolute Gasteiger partial charge is 0.379 e. The van der Waals surface area contributed by atoms with Crippen LogP contribution in [0.5, 0.6) is 0 Å². The lowest BCUT2D eigenvalue weighted by Crippen LogP contribution is -2.35. The molecule has 0 saturated carbocycles. The van der Waals surface area contributed by atoms with Gasteiger partial charge in [0, 0.05) is 12.1 Å². The summed E-state index contributed by atoms with van der Waals surface area (Å²) in [5, 5.41) is 0. The smallest absolute Gasteiger partial charge is 0.0644 e. The second-order valence-electron chi connectivity index (χ2n) is 2.46. The van der Waals surface area contributed by atoms with E-state index in [1.165, 1.54) is 0 Å². The fraction of sp³-hybridized carbons (Fsp3) is 1.00. The van der Waals surface area contributed by atoms with E-state index in [-0.39, 0.29) is 5.54 Å². The first-order valence-corrected chi connectivity index (χ1v) is 3.57. The van der Waals surface area contributed by atoms with Gasteiger partial charge in [-0.3, -0.25) is 0 Å². The molecule has 0 spiro atoms. The zero-order valence-electron chi connectivity index (χ0n) is 6.61. The fourth-order valence-electron chi connectivity index (χ4n) is 0.683. The maximum atomic E-state index is 5.65. The molecule has 1 fully saturated rings. The Kier molecular flexibility index (Phi) is 3.82. The quantitative estimate of drug-likeness (QED) is 0.535. The maximum absolute atomic E-state index is 5.65. The van der Waals surface area contributed by atoms with Crippen LogP contribution in [0.15, 0.2) is 0 Å². The van der Waals surface area contributed by atoms with Crippen LogP contribution in [0.1, 0.15) is 27.2 Å². The number of hydrogen-bond acceptors (Lipinski definition) is 2. The molecule has 9 heavy (non-hydrogen) atoms. The molecule has 1 aliphatic heterocycles. The SMILES string of the molecule is CC.CC1(N)CCOC1. The van der Waals surface area contributed by atoms with Crippen molar-refractivity contribution in [3.63, 3.8) is 0 Å². The molecule has 2 nitrogen and oxygen atoms in total. The summed E-state index contributed by atoms with van der Waals surface area (Å²) in [5.74, 6) is 0. The van der Waals surface area contributed by atoms with Gasteiger partial charge in [0.2, 0.25) is 0 Å². The summed E-state index contributed by atoms with van der Waals surface area (Å²) in [6.07, 6.45) is 1.01. The molecule has 0 aromatic heterocycles. The lowest BCUT2D eigenvalue weighted by molar-refractivity contribution is 0.182. The van der Waals surface area contributed by atoms with Crippen molar-refractivity contribution in [2.45, 2.75) is 32.7 Å². The van der Waals surface area contributed by atoms with Crippen LogP contribution in [0.4, 0.5) is 0 Å². The molecule has 1 heterocycles. The molecule has 1 rings (SSSR count). The average molecular weight is 131 g/mol. The molecule has 0 bridgehead atoms. The Morgan fingerprint density at radius 2 is 2.00 bits per heavy atom. The van der Waals surface area contributed by atoms with Crippen molar-refractivity contribution < 1.29 is 4.74 Å². The van der Waals surface area contributed by atoms with Crippen molar-refractivity contribution >= 4 is 0 Å². The second kappa shape index (κ2) is 3.85. The third-order valence-corrected chi connectivity index (χ3v) is 1.25. The van der Waals surface area contributed by atoms with Crippen molar-refractivity contribution in [3.05, 3.63) is 0 Å². The summed E-state index contributed by atoms with van der Waals surface area (Å²) in [6.45, 7) is 7.58. The predicted molar refractivity (Wildman–Crippen MR) is 39.4 cm³/mol. The van der Waals surface area contributed by atoms with E-state index >= 15 is 0 Å². The average Bonchev–Trinajstić information content (AvgIpc) is 2.19. The van der Waals surface area contributed by atoms with Gasteiger partial charge in [-0.1, -0.05) is 13.8 Å². The van der Waals surface area contributed by atoms with Gasteiger partial charge in [-0.05, 0) is 13.3 Å². The maximum Gasteiger partial charge on any atom is 0.0644 e. The van der Waals surface area contributed by atoms with Crippen LogP contribution in [0, 0.1) is 0 Å². The highest BCUT2D eigenvalue weighted by Gasteiger charge is 2.23. The zero-order valence-corrected chi connectivity index (χ0v) is 6.61. The van der Waals surface area contributed by atoms with Crippen LogP contribution in [0.3, 0.4) is 0 Å². The van der Waals surface area contributed by atoms with Gasteiger partial charge in [0.25, 0.3) is 0 Å². The highest BCUT2D eigenvalue weighted by molar-refractivity contribution is 4.81. The van der Waals surface area contributed by atoms with Gasteiger partial charge in [0.05, 0.1) is 6.61 Å². The van der Waals surface area contributed by atoms with E-state index in [4.69, 9.17) is 10.5 Å². The molecule has 2 heteroatoms. The lowest BCUT2D eigenvalue weighted by atomic mass is 10.0. The minimum absolute atomic E-state index is 0.0278. The number of rotatable bonds is 0. The van der Waals surface area contributed by atoms with Gasteiger partial charge in [-0.2, -0.15) is 0 Å². The molecule has 1 saturated heterocycles. The molecule has 1 atom stereocenters. The molecule has 56 valence electrons. The molecule has 1 unspecified atom stereocenters. The summed E-state index contributed by atoms with van der Waals surface area (Å²) < 4.78 is 5.03. The Hall–Kier alpha value is -0.0800. The van der Waals surface area contributed by atoms with E-state index in [1.807, 2.05) is 20.8 Å². The zero-order chi connectivity index (χ0) is 7.33. The van der Waals surface area contributed by atoms with Gasteiger partial charge in [0.15, 0.2) is 0 Å². The van der Waals surface area contributed by atoms with Crippen molar-refractivity contribution in [1.82, 2.24) is 0 Å². The van der Waals surface area contributed by atoms with Gasteiger partial charge < -0.3 is 10.5 Å². The third kappa shape index (κ3) is 3.49. The van der Waals surface area contributed by atoms with Crippen LogP contribution in [-0.4, -0.2) is 18.8 Å². The van der Waals surface area contributed by atoms with Crippen LogP contribution in [0.25, 0.3) is 0 Å². The predicted octanol–water partition coefficient (Wildman–Crippen LogP) is 1.15. The lowest BCUT2D eigenvalue weighted by Gasteiger charge is -2.11. The summed E-state index contributed by atoms with van der Waals surface area (Å²) in [6, 6.07) is 0. The molecule has 0 amide bonds. The van der Waals surface area contributed by atoms with E-state index in [0.717, 1.165) is 19.6 Å². The third-order valence-electron chi connectivity index (χ3n) is 1.25. The molecular weight excluding hydrogens is 114 g/mol. The normalized spacial score (nSPS) is 33.3. The molecule has 1 aliphatic rings. The van der Waals surface area contributed by atoms with Crippen molar-refractivity contribution in [1.29, 1.82) is 0 Å². The van der Waals surface area contributed by atoms with Gasteiger partial charge in [0.1, 0.15) is 0 Å². The summed E-state index contributed by atoms with van der Waals surface area (Å²) >= 11 is 0. The summed E-state index contributed by atoms with van der Waals surface area (Å²) in [7, 11) is 0. The Labute approximate surface area is 57.4 Å². The monoisotopic (exact) mass is 131 g/mol. The van der Waals surface area contributed by atoms with Crippen LogP contribution >= 0.6 is 0 Å². The van der Waals surface area contributed by atoms with E-state index in [2.05, 4.69) is 0 Å². The Morgan fingerprint density at radius 3 is 2.11 bits per heavy atom. The molecule has 0 aromatic rings.